The summed E-state index contributed by atoms with van der Waals surface area (Å²) in [7, 11) is 0. The number of β-amino-alcohol motifs (C(OH)–C–C–N with tert-alkyl or cyclic N) is 1. The summed E-state index contributed by atoms with van der Waals surface area (Å²) in [4.78, 5) is 1.74. The van der Waals surface area contributed by atoms with Gasteiger partial charge in [-0.1, -0.05) is 0 Å². The lowest BCUT2D eigenvalue weighted by Gasteiger charge is -2.34. The van der Waals surface area contributed by atoms with Gasteiger partial charge >= 0.3 is 6.18 Å². The molecule has 1 aliphatic carbocycles. The molecule has 3 nitrogen and oxygen atoms in total. The number of halogens is 3. The normalized spacial score (nSPS) is 28.3. The van der Waals surface area contributed by atoms with Gasteiger partial charge in [-0.05, 0) is 32.2 Å². The maximum atomic E-state index is 12.6. The predicted molar refractivity (Wildman–Crippen MR) is 62.3 cm³/mol. The average Bonchev–Trinajstić information content (AvgIpc) is 3.09. The van der Waals surface area contributed by atoms with Gasteiger partial charge in [-0.2, -0.15) is 13.2 Å². The SMILES string of the molecule is OC(CNC1CC1)CN1CCCC(C(F)(F)F)C1. The molecule has 6 heteroatoms. The molecular weight excluding hydrogens is 245 g/mol. The van der Waals surface area contributed by atoms with Gasteiger partial charge in [-0.15, -0.1) is 0 Å². The summed E-state index contributed by atoms with van der Waals surface area (Å²) in [6.07, 6.45) is -1.60. The van der Waals surface area contributed by atoms with Gasteiger partial charge in [0.2, 0.25) is 0 Å². The number of aliphatic hydroxyl groups is 1. The highest BCUT2D eigenvalue weighted by atomic mass is 19.4. The zero-order valence-corrected chi connectivity index (χ0v) is 10.4. The van der Waals surface area contributed by atoms with E-state index in [2.05, 4.69) is 5.32 Å². The van der Waals surface area contributed by atoms with Crippen molar-refractivity contribution >= 4 is 0 Å². The van der Waals surface area contributed by atoms with Crippen LogP contribution in [0.2, 0.25) is 0 Å². The fourth-order valence-electron chi connectivity index (χ4n) is 2.44. The Morgan fingerprint density at radius 3 is 2.61 bits per heavy atom. The molecular formula is C12H21F3N2O. The molecule has 2 N–H and O–H groups in total. The standard InChI is InChI=1S/C12H21F3N2O/c13-12(14,15)9-2-1-5-17(7-9)8-11(18)6-16-10-3-4-10/h9-11,16,18H,1-8H2. The van der Waals surface area contributed by atoms with Crippen LogP contribution >= 0.6 is 0 Å². The van der Waals surface area contributed by atoms with Crippen LogP contribution in [0.4, 0.5) is 13.2 Å². The average molecular weight is 266 g/mol. The Hall–Kier alpha value is -0.330. The van der Waals surface area contributed by atoms with Crippen LogP contribution in [0.1, 0.15) is 25.7 Å². The fraction of sp³-hybridized carbons (Fsp3) is 1.00. The third-order valence-electron chi connectivity index (χ3n) is 3.66. The quantitative estimate of drug-likeness (QED) is 0.789. The van der Waals surface area contributed by atoms with E-state index >= 15 is 0 Å². The van der Waals surface area contributed by atoms with Crippen molar-refractivity contribution in [2.24, 2.45) is 5.92 Å². The van der Waals surface area contributed by atoms with Gasteiger partial charge in [0.15, 0.2) is 0 Å². The highest BCUT2D eigenvalue weighted by molar-refractivity contribution is 4.83. The Morgan fingerprint density at radius 1 is 1.28 bits per heavy atom. The Morgan fingerprint density at radius 2 is 2.00 bits per heavy atom. The first-order valence-electron chi connectivity index (χ1n) is 6.65. The Balaban J connectivity index is 1.70. The van der Waals surface area contributed by atoms with Crippen molar-refractivity contribution in [3.8, 4) is 0 Å². The zero-order chi connectivity index (χ0) is 13.2. The summed E-state index contributed by atoms with van der Waals surface area (Å²) >= 11 is 0. The van der Waals surface area contributed by atoms with Gasteiger partial charge in [0.25, 0.3) is 0 Å². The molecule has 1 aliphatic heterocycles. The van der Waals surface area contributed by atoms with E-state index in [4.69, 9.17) is 0 Å². The predicted octanol–water partition coefficient (Wildman–Crippen LogP) is 1.37. The molecule has 2 fully saturated rings. The lowest BCUT2D eigenvalue weighted by molar-refractivity contribution is -0.187. The minimum absolute atomic E-state index is 0.0317. The van der Waals surface area contributed by atoms with Gasteiger partial charge in [-0.3, -0.25) is 0 Å². The minimum Gasteiger partial charge on any atom is -0.390 e. The lowest BCUT2D eigenvalue weighted by Crippen LogP contribution is -2.46. The molecule has 0 bridgehead atoms. The van der Waals surface area contributed by atoms with Gasteiger partial charge in [0, 0.05) is 25.7 Å². The van der Waals surface area contributed by atoms with Crippen molar-refractivity contribution < 1.29 is 18.3 Å². The maximum Gasteiger partial charge on any atom is 0.393 e. The number of piperidine rings is 1. The van der Waals surface area contributed by atoms with Crippen LogP contribution in [-0.2, 0) is 0 Å². The first-order chi connectivity index (χ1) is 8.45. The van der Waals surface area contributed by atoms with Crippen LogP contribution in [0.15, 0.2) is 0 Å². The van der Waals surface area contributed by atoms with E-state index in [1.54, 1.807) is 4.90 Å². The summed E-state index contributed by atoms with van der Waals surface area (Å²) in [6, 6.07) is 0.518. The molecule has 0 spiro atoms. The van der Waals surface area contributed by atoms with Crippen LogP contribution in [0.25, 0.3) is 0 Å². The van der Waals surface area contributed by atoms with E-state index in [9.17, 15) is 18.3 Å². The number of alkyl halides is 3. The van der Waals surface area contributed by atoms with Gasteiger partial charge in [0.1, 0.15) is 0 Å². The molecule has 0 aromatic carbocycles. The number of likely N-dealkylation sites (tertiary alicyclic amines) is 1. The fourth-order valence-corrected chi connectivity index (χ4v) is 2.44. The highest BCUT2D eigenvalue weighted by Crippen LogP contribution is 2.33. The first-order valence-corrected chi connectivity index (χ1v) is 6.65. The third kappa shape index (κ3) is 4.40. The first kappa shape index (κ1) is 14.1. The topological polar surface area (TPSA) is 35.5 Å². The Kier molecular flexibility index (Phi) is 4.50. The number of rotatable bonds is 5. The lowest BCUT2D eigenvalue weighted by atomic mass is 9.97. The van der Waals surface area contributed by atoms with E-state index in [0.29, 0.717) is 32.1 Å². The van der Waals surface area contributed by atoms with E-state index in [1.807, 2.05) is 0 Å². The molecule has 1 saturated heterocycles. The molecule has 0 aromatic heterocycles. The van der Waals surface area contributed by atoms with Gasteiger partial charge in [-0.25, -0.2) is 0 Å². The molecule has 2 unspecified atom stereocenters. The summed E-state index contributed by atoms with van der Waals surface area (Å²) in [6.45, 7) is 1.52. The molecule has 0 aromatic rings. The third-order valence-corrected chi connectivity index (χ3v) is 3.66. The number of nitrogens with zero attached hydrogens (tertiary/aromatic N) is 1. The van der Waals surface area contributed by atoms with Crippen LogP contribution in [0.3, 0.4) is 0 Å². The van der Waals surface area contributed by atoms with E-state index < -0.39 is 18.2 Å². The van der Waals surface area contributed by atoms with Crippen LogP contribution < -0.4 is 5.32 Å². The summed E-state index contributed by atoms with van der Waals surface area (Å²) in [5.41, 5.74) is 0. The van der Waals surface area contributed by atoms with E-state index in [0.717, 1.165) is 12.8 Å². The van der Waals surface area contributed by atoms with E-state index in [1.165, 1.54) is 0 Å². The summed E-state index contributed by atoms with van der Waals surface area (Å²) in [5, 5.41) is 13.0. The van der Waals surface area contributed by atoms with Crippen molar-refractivity contribution in [3.05, 3.63) is 0 Å². The number of hydrogen-bond donors (Lipinski definition) is 2. The van der Waals surface area contributed by atoms with Crippen molar-refractivity contribution in [1.29, 1.82) is 0 Å². The van der Waals surface area contributed by atoms with E-state index in [-0.39, 0.29) is 13.0 Å². The number of nitrogens with one attached hydrogen (secondary N) is 1. The second-order valence-electron chi connectivity index (χ2n) is 5.48. The second-order valence-corrected chi connectivity index (χ2v) is 5.48. The molecule has 2 rings (SSSR count). The second kappa shape index (κ2) is 5.75. The molecule has 0 radical (unpaired) electrons. The molecule has 18 heavy (non-hydrogen) atoms. The van der Waals surface area contributed by atoms with Crippen LogP contribution in [-0.4, -0.2) is 54.5 Å². The number of aliphatic hydroxyl groups excluding tert-OH is 1. The molecule has 0 amide bonds. The van der Waals surface area contributed by atoms with Crippen molar-refractivity contribution in [1.82, 2.24) is 10.2 Å². The molecule has 1 saturated carbocycles. The summed E-state index contributed by atoms with van der Waals surface area (Å²) < 4.78 is 37.8. The molecule has 2 atom stereocenters. The largest absolute Gasteiger partial charge is 0.393 e. The van der Waals surface area contributed by atoms with Crippen LogP contribution in [0, 0.1) is 5.92 Å². The Bertz CT molecular complexity index is 269. The molecule has 106 valence electrons. The smallest absolute Gasteiger partial charge is 0.390 e. The van der Waals surface area contributed by atoms with Crippen LogP contribution in [0.5, 0.6) is 0 Å². The summed E-state index contributed by atoms with van der Waals surface area (Å²) in [5.74, 6) is -1.23. The van der Waals surface area contributed by atoms with Crippen molar-refractivity contribution in [2.75, 3.05) is 26.2 Å². The maximum absolute atomic E-state index is 12.6. The number of hydrogen-bond acceptors (Lipinski definition) is 3. The molecule has 2 aliphatic rings. The monoisotopic (exact) mass is 266 g/mol. The zero-order valence-electron chi connectivity index (χ0n) is 10.4. The molecule has 1 heterocycles. The van der Waals surface area contributed by atoms with Gasteiger partial charge < -0.3 is 15.3 Å². The minimum atomic E-state index is -4.10. The van der Waals surface area contributed by atoms with Crippen molar-refractivity contribution in [2.45, 2.75) is 44.0 Å². The van der Waals surface area contributed by atoms with Gasteiger partial charge in [0.05, 0.1) is 12.0 Å². The van der Waals surface area contributed by atoms with Crippen molar-refractivity contribution in [3.63, 3.8) is 0 Å². The highest BCUT2D eigenvalue weighted by Gasteiger charge is 2.41. The Labute approximate surface area is 105 Å².